The Morgan fingerprint density at radius 2 is 2.17 bits per heavy atom. The van der Waals surface area contributed by atoms with E-state index in [4.69, 9.17) is 0 Å². The topological polar surface area (TPSA) is 57.3 Å². The van der Waals surface area contributed by atoms with Gasteiger partial charge in [0.15, 0.2) is 0 Å². The van der Waals surface area contributed by atoms with Crippen molar-refractivity contribution in [3.05, 3.63) is 18.3 Å². The maximum absolute atomic E-state index is 11.7. The van der Waals surface area contributed by atoms with Crippen LogP contribution in [0.25, 0.3) is 0 Å². The number of urea groups is 1. The highest BCUT2D eigenvalue weighted by Gasteiger charge is 2.28. The molecule has 5 nitrogen and oxygen atoms in total. The summed E-state index contributed by atoms with van der Waals surface area (Å²) in [6, 6.07) is 3.82. The summed E-state index contributed by atoms with van der Waals surface area (Å²) in [7, 11) is 3.86. The lowest BCUT2D eigenvalue weighted by atomic mass is 10.2. The summed E-state index contributed by atoms with van der Waals surface area (Å²) in [6.07, 6.45) is 4.11. The van der Waals surface area contributed by atoms with Crippen LogP contribution in [0, 0.1) is 5.92 Å². The van der Waals surface area contributed by atoms with E-state index >= 15 is 0 Å². The van der Waals surface area contributed by atoms with E-state index in [0.29, 0.717) is 11.6 Å². The molecule has 0 radical (unpaired) electrons. The molecule has 0 bridgehead atoms. The Balaban J connectivity index is 1.86. The first-order valence-corrected chi connectivity index (χ1v) is 6.27. The molecule has 5 heteroatoms. The minimum Gasteiger partial charge on any atom is -0.363 e. The van der Waals surface area contributed by atoms with Gasteiger partial charge in [-0.1, -0.05) is 0 Å². The highest BCUT2D eigenvalue weighted by atomic mass is 16.2. The number of carbonyl (C=O) groups excluding carboxylic acids is 1. The molecule has 0 spiro atoms. The molecule has 1 fully saturated rings. The van der Waals surface area contributed by atoms with Crippen molar-refractivity contribution in [1.29, 1.82) is 0 Å². The first-order chi connectivity index (χ1) is 8.56. The van der Waals surface area contributed by atoms with E-state index in [0.717, 1.165) is 5.82 Å². The Labute approximate surface area is 108 Å². The molecule has 0 aromatic carbocycles. The summed E-state index contributed by atoms with van der Waals surface area (Å²) in [5.41, 5.74) is 0.709. The summed E-state index contributed by atoms with van der Waals surface area (Å²) in [6.45, 7) is 2.05. The minimum atomic E-state index is -0.159. The van der Waals surface area contributed by atoms with Gasteiger partial charge in [-0.25, -0.2) is 9.78 Å². The molecular formula is C13H20N4O. The third-order valence-corrected chi connectivity index (χ3v) is 3.15. The average molecular weight is 248 g/mol. The van der Waals surface area contributed by atoms with Gasteiger partial charge in [0.1, 0.15) is 5.82 Å². The third-order valence-electron chi connectivity index (χ3n) is 3.15. The molecule has 2 rings (SSSR count). The molecule has 1 aromatic heterocycles. The first-order valence-electron chi connectivity index (χ1n) is 6.27. The van der Waals surface area contributed by atoms with Crippen LogP contribution in [0.15, 0.2) is 18.3 Å². The highest BCUT2D eigenvalue weighted by molar-refractivity contribution is 5.89. The van der Waals surface area contributed by atoms with Gasteiger partial charge in [0.05, 0.1) is 11.9 Å². The van der Waals surface area contributed by atoms with Crippen molar-refractivity contribution in [2.45, 2.75) is 25.8 Å². The number of anilines is 2. The van der Waals surface area contributed by atoms with Gasteiger partial charge in [0.25, 0.3) is 0 Å². The van der Waals surface area contributed by atoms with Gasteiger partial charge < -0.3 is 15.5 Å². The Bertz CT molecular complexity index is 412. The number of nitrogens with one attached hydrogen (secondary N) is 2. The molecule has 2 N–H and O–H groups in total. The van der Waals surface area contributed by atoms with Crippen molar-refractivity contribution in [2.24, 2.45) is 5.92 Å². The molecule has 18 heavy (non-hydrogen) atoms. The molecule has 1 unspecified atom stereocenters. The van der Waals surface area contributed by atoms with E-state index in [-0.39, 0.29) is 12.1 Å². The Hall–Kier alpha value is -1.78. The number of hydrogen-bond donors (Lipinski definition) is 2. The molecule has 1 aliphatic rings. The quantitative estimate of drug-likeness (QED) is 0.857. The number of nitrogens with zero attached hydrogens (tertiary/aromatic N) is 2. The fraction of sp³-hybridized carbons (Fsp3) is 0.538. The summed E-state index contributed by atoms with van der Waals surface area (Å²) in [4.78, 5) is 17.9. The minimum absolute atomic E-state index is 0.159. The maximum Gasteiger partial charge on any atom is 0.319 e. The van der Waals surface area contributed by atoms with E-state index in [1.54, 1.807) is 6.20 Å². The SMILES string of the molecule is CC(NC(=O)Nc1ccc(N(C)C)nc1)C1CC1. The smallest absolute Gasteiger partial charge is 0.319 e. The lowest BCUT2D eigenvalue weighted by Crippen LogP contribution is -2.37. The van der Waals surface area contributed by atoms with Gasteiger partial charge in [-0.2, -0.15) is 0 Å². The van der Waals surface area contributed by atoms with Crippen molar-refractivity contribution in [2.75, 3.05) is 24.3 Å². The Morgan fingerprint density at radius 1 is 1.44 bits per heavy atom. The first kappa shape index (κ1) is 12.7. The summed E-state index contributed by atoms with van der Waals surface area (Å²) in [5, 5.41) is 5.73. The van der Waals surface area contributed by atoms with Gasteiger partial charge in [-0.15, -0.1) is 0 Å². The van der Waals surface area contributed by atoms with Crippen molar-refractivity contribution >= 4 is 17.5 Å². The summed E-state index contributed by atoms with van der Waals surface area (Å²) in [5.74, 6) is 1.53. The second-order valence-electron chi connectivity index (χ2n) is 5.02. The van der Waals surface area contributed by atoms with Gasteiger partial charge in [0, 0.05) is 20.1 Å². The lowest BCUT2D eigenvalue weighted by molar-refractivity contribution is 0.248. The molecule has 1 aliphatic carbocycles. The Kier molecular flexibility index (Phi) is 3.69. The van der Waals surface area contributed by atoms with Gasteiger partial charge >= 0.3 is 6.03 Å². The van der Waals surface area contributed by atoms with Crippen LogP contribution in [-0.2, 0) is 0 Å². The van der Waals surface area contributed by atoms with Crippen molar-refractivity contribution in [3.8, 4) is 0 Å². The highest BCUT2D eigenvalue weighted by Crippen LogP contribution is 2.32. The van der Waals surface area contributed by atoms with E-state index in [9.17, 15) is 4.79 Å². The van der Waals surface area contributed by atoms with E-state index in [2.05, 4.69) is 15.6 Å². The standard InChI is InChI=1S/C13H20N4O/c1-9(10-4-5-10)15-13(18)16-11-6-7-12(14-8-11)17(2)3/h6-10H,4-5H2,1-3H3,(H2,15,16,18). The third kappa shape index (κ3) is 3.35. The largest absolute Gasteiger partial charge is 0.363 e. The van der Waals surface area contributed by atoms with Gasteiger partial charge in [0.2, 0.25) is 0 Å². The molecule has 1 saturated carbocycles. The van der Waals surface area contributed by atoms with Gasteiger partial charge in [-0.3, -0.25) is 0 Å². The predicted octanol–water partition coefficient (Wildman–Crippen LogP) is 2.07. The van der Waals surface area contributed by atoms with Crippen LogP contribution in [0.4, 0.5) is 16.3 Å². The Morgan fingerprint density at radius 3 is 2.67 bits per heavy atom. The molecule has 0 aliphatic heterocycles. The zero-order valence-electron chi connectivity index (χ0n) is 11.1. The predicted molar refractivity (Wildman–Crippen MR) is 72.9 cm³/mol. The van der Waals surface area contributed by atoms with Crippen LogP contribution >= 0.6 is 0 Å². The maximum atomic E-state index is 11.7. The number of rotatable bonds is 4. The monoisotopic (exact) mass is 248 g/mol. The van der Waals surface area contributed by atoms with Crippen molar-refractivity contribution in [3.63, 3.8) is 0 Å². The van der Waals surface area contributed by atoms with Crippen LogP contribution in [-0.4, -0.2) is 31.2 Å². The lowest BCUT2D eigenvalue weighted by Gasteiger charge is -2.14. The molecule has 98 valence electrons. The van der Waals surface area contributed by atoms with Gasteiger partial charge in [-0.05, 0) is 37.8 Å². The van der Waals surface area contributed by atoms with Crippen LogP contribution in [0.3, 0.4) is 0 Å². The zero-order valence-corrected chi connectivity index (χ0v) is 11.1. The molecule has 1 atom stereocenters. The molecule has 1 heterocycles. The molecular weight excluding hydrogens is 228 g/mol. The van der Waals surface area contributed by atoms with E-state index in [1.807, 2.05) is 38.1 Å². The molecule has 0 saturated heterocycles. The number of amides is 2. The fourth-order valence-electron chi connectivity index (χ4n) is 1.81. The second kappa shape index (κ2) is 5.25. The number of carbonyl (C=O) groups is 1. The second-order valence-corrected chi connectivity index (χ2v) is 5.02. The number of hydrogen-bond acceptors (Lipinski definition) is 3. The molecule has 2 amide bonds. The van der Waals surface area contributed by atoms with Crippen LogP contribution in [0.1, 0.15) is 19.8 Å². The fourth-order valence-corrected chi connectivity index (χ4v) is 1.81. The normalized spacial score (nSPS) is 15.9. The van der Waals surface area contributed by atoms with E-state index < -0.39 is 0 Å². The van der Waals surface area contributed by atoms with Crippen LogP contribution < -0.4 is 15.5 Å². The van der Waals surface area contributed by atoms with E-state index in [1.165, 1.54) is 12.8 Å². The van der Waals surface area contributed by atoms with Crippen LogP contribution in [0.5, 0.6) is 0 Å². The van der Waals surface area contributed by atoms with Crippen LogP contribution in [0.2, 0.25) is 0 Å². The number of pyridine rings is 1. The summed E-state index contributed by atoms with van der Waals surface area (Å²) < 4.78 is 0. The summed E-state index contributed by atoms with van der Waals surface area (Å²) >= 11 is 0. The average Bonchev–Trinajstić information content (AvgIpc) is 3.13. The molecule has 1 aromatic rings. The zero-order chi connectivity index (χ0) is 13.1. The number of aromatic nitrogens is 1. The van der Waals surface area contributed by atoms with Crippen molar-refractivity contribution in [1.82, 2.24) is 10.3 Å². The van der Waals surface area contributed by atoms with Crippen molar-refractivity contribution < 1.29 is 4.79 Å².